The predicted octanol–water partition coefficient (Wildman–Crippen LogP) is 3.10. The second kappa shape index (κ2) is 7.77. The summed E-state index contributed by atoms with van der Waals surface area (Å²) in [6.45, 7) is -0.366. The van der Waals surface area contributed by atoms with Gasteiger partial charge in [-0.3, -0.25) is 9.59 Å². The number of aryl methyl sites for hydroxylation is 1. The van der Waals surface area contributed by atoms with Crippen molar-refractivity contribution < 1.29 is 18.7 Å². The summed E-state index contributed by atoms with van der Waals surface area (Å²) in [7, 11) is 0. The van der Waals surface area contributed by atoms with E-state index >= 15 is 0 Å². The van der Waals surface area contributed by atoms with E-state index in [1.807, 2.05) is 11.4 Å². The number of nitrogens with zero attached hydrogens (tertiary/aromatic N) is 2. The lowest BCUT2D eigenvalue weighted by atomic mass is 10.3. The highest BCUT2D eigenvalue weighted by Crippen LogP contribution is 2.22. The van der Waals surface area contributed by atoms with E-state index in [1.54, 1.807) is 18.2 Å². The van der Waals surface area contributed by atoms with Crippen molar-refractivity contribution in [2.24, 2.45) is 0 Å². The van der Waals surface area contributed by atoms with Crippen LogP contribution < -0.4 is 5.76 Å². The molecular formula is C15H11ClN2O5S2. The van der Waals surface area contributed by atoms with Crippen LogP contribution in [0, 0.1) is 0 Å². The van der Waals surface area contributed by atoms with Crippen molar-refractivity contribution >= 4 is 46.0 Å². The molecule has 0 aliphatic heterocycles. The summed E-state index contributed by atoms with van der Waals surface area (Å²) >= 11 is 8.26. The summed E-state index contributed by atoms with van der Waals surface area (Å²) in [6.07, 6.45) is -0.102. The van der Waals surface area contributed by atoms with Gasteiger partial charge in [-0.2, -0.15) is 4.68 Å². The van der Waals surface area contributed by atoms with Crippen molar-refractivity contribution in [2.45, 2.75) is 13.0 Å². The molecule has 0 radical (unpaired) electrons. The Hall–Kier alpha value is -2.23. The van der Waals surface area contributed by atoms with Crippen LogP contribution in [-0.4, -0.2) is 28.1 Å². The van der Waals surface area contributed by atoms with Gasteiger partial charge in [0, 0.05) is 0 Å². The van der Waals surface area contributed by atoms with Crippen molar-refractivity contribution in [2.75, 3.05) is 6.61 Å². The summed E-state index contributed by atoms with van der Waals surface area (Å²) in [6, 6.07) is 6.76. The minimum Gasteiger partial charge on any atom is -0.457 e. The Morgan fingerprint density at radius 3 is 2.84 bits per heavy atom. The van der Waals surface area contributed by atoms with Crippen LogP contribution >= 0.6 is 34.3 Å². The van der Waals surface area contributed by atoms with Gasteiger partial charge in [0.05, 0.1) is 27.1 Å². The molecule has 3 aromatic heterocycles. The predicted molar refractivity (Wildman–Crippen MR) is 93.3 cm³/mol. The van der Waals surface area contributed by atoms with Gasteiger partial charge in [-0.1, -0.05) is 17.7 Å². The first-order valence-corrected chi connectivity index (χ1v) is 9.16. The van der Waals surface area contributed by atoms with Gasteiger partial charge in [-0.05, 0) is 23.6 Å². The molecule has 130 valence electrons. The number of hydrogen-bond donors (Lipinski definition) is 0. The first-order valence-electron chi connectivity index (χ1n) is 7.09. The van der Waals surface area contributed by atoms with Gasteiger partial charge in [-0.25, -0.2) is 4.79 Å². The fourth-order valence-corrected chi connectivity index (χ4v) is 3.51. The highest BCUT2D eigenvalue weighted by Gasteiger charge is 2.15. The topological polar surface area (TPSA) is 91.4 Å². The van der Waals surface area contributed by atoms with Gasteiger partial charge < -0.3 is 9.15 Å². The van der Waals surface area contributed by atoms with Gasteiger partial charge in [0.25, 0.3) is 5.89 Å². The summed E-state index contributed by atoms with van der Waals surface area (Å²) in [4.78, 5) is 36.4. The number of Topliss-reactive ketones (excluding diaryl/α,β-unsaturated/α-hetero) is 1. The van der Waals surface area contributed by atoms with Crippen molar-refractivity contribution in [3.63, 3.8) is 0 Å². The molecule has 0 atom stereocenters. The maximum absolute atomic E-state index is 11.8. The average Bonchev–Trinajstić information content (AvgIpc) is 3.31. The van der Waals surface area contributed by atoms with E-state index in [1.165, 1.54) is 11.3 Å². The lowest BCUT2D eigenvalue weighted by Crippen LogP contribution is -2.20. The summed E-state index contributed by atoms with van der Waals surface area (Å²) in [5.74, 6) is -1.38. The Bertz CT molecular complexity index is 941. The second-order valence-corrected chi connectivity index (χ2v) is 7.47. The molecule has 0 aliphatic carbocycles. The fourth-order valence-electron chi connectivity index (χ4n) is 1.90. The molecule has 0 N–H and O–H groups in total. The Labute approximate surface area is 154 Å². The number of aromatic nitrogens is 2. The van der Waals surface area contributed by atoms with Crippen LogP contribution in [0.25, 0.3) is 10.8 Å². The third kappa shape index (κ3) is 4.44. The summed E-state index contributed by atoms with van der Waals surface area (Å²) in [5, 5.41) is 5.87. The van der Waals surface area contributed by atoms with Gasteiger partial charge in [0.1, 0.15) is 0 Å². The van der Waals surface area contributed by atoms with Crippen LogP contribution in [0.5, 0.6) is 0 Å². The van der Waals surface area contributed by atoms with Crippen LogP contribution in [0.1, 0.15) is 16.1 Å². The molecule has 0 amide bonds. The van der Waals surface area contributed by atoms with Gasteiger partial charge in [-0.15, -0.1) is 27.8 Å². The Morgan fingerprint density at radius 1 is 1.32 bits per heavy atom. The van der Waals surface area contributed by atoms with Crippen molar-refractivity contribution in [3.8, 4) is 10.8 Å². The van der Waals surface area contributed by atoms with E-state index in [-0.39, 0.29) is 31.2 Å². The van der Waals surface area contributed by atoms with Crippen molar-refractivity contribution in [1.29, 1.82) is 0 Å². The second-order valence-electron chi connectivity index (χ2n) is 4.81. The maximum Gasteiger partial charge on any atom is 0.437 e. The third-order valence-corrected chi connectivity index (χ3v) is 5.21. The number of thiophene rings is 2. The molecule has 0 aliphatic rings. The first-order chi connectivity index (χ1) is 12.0. The number of carbonyl (C=O) groups is 2. The number of hydrogen-bond acceptors (Lipinski definition) is 8. The third-order valence-electron chi connectivity index (χ3n) is 3.08. The van der Waals surface area contributed by atoms with E-state index < -0.39 is 11.7 Å². The van der Waals surface area contributed by atoms with E-state index in [4.69, 9.17) is 20.8 Å². The lowest BCUT2D eigenvalue weighted by Gasteiger charge is -2.02. The van der Waals surface area contributed by atoms with Crippen LogP contribution in [0.4, 0.5) is 0 Å². The molecule has 0 aromatic carbocycles. The molecule has 0 saturated carbocycles. The number of rotatable bonds is 7. The Kier molecular flexibility index (Phi) is 5.47. The molecule has 25 heavy (non-hydrogen) atoms. The lowest BCUT2D eigenvalue weighted by molar-refractivity contribution is -0.142. The summed E-state index contributed by atoms with van der Waals surface area (Å²) in [5.41, 5.74) is 0. The Morgan fingerprint density at radius 2 is 2.16 bits per heavy atom. The average molecular weight is 399 g/mol. The maximum atomic E-state index is 11.8. The molecular weight excluding hydrogens is 388 g/mol. The molecule has 0 saturated heterocycles. The number of ketones is 1. The monoisotopic (exact) mass is 398 g/mol. The van der Waals surface area contributed by atoms with Crippen LogP contribution in [0.3, 0.4) is 0 Å². The normalized spacial score (nSPS) is 10.8. The highest BCUT2D eigenvalue weighted by molar-refractivity contribution is 7.18. The minimum absolute atomic E-state index is 0.00552. The molecule has 3 rings (SSSR count). The zero-order valence-electron chi connectivity index (χ0n) is 12.6. The fraction of sp³-hybridized carbons (Fsp3) is 0.200. The van der Waals surface area contributed by atoms with Crippen molar-refractivity contribution in [1.82, 2.24) is 9.78 Å². The molecule has 0 bridgehead atoms. The largest absolute Gasteiger partial charge is 0.457 e. The van der Waals surface area contributed by atoms with E-state index in [0.717, 1.165) is 20.9 Å². The van der Waals surface area contributed by atoms with Gasteiger partial charge in [0.2, 0.25) is 5.78 Å². The van der Waals surface area contributed by atoms with Gasteiger partial charge >= 0.3 is 11.7 Å². The quantitative estimate of drug-likeness (QED) is 0.448. The standard InChI is InChI=1S/C15H11ClN2O5S2/c16-12-4-3-10(25-12)9(19)8-22-13(20)5-6-18-15(21)23-14(17-18)11-2-1-7-24-11/h1-4,7H,5-6,8H2. The van der Waals surface area contributed by atoms with E-state index in [2.05, 4.69) is 5.10 Å². The zero-order valence-corrected chi connectivity index (χ0v) is 15.0. The molecule has 0 spiro atoms. The molecule has 7 nitrogen and oxygen atoms in total. The van der Waals surface area contributed by atoms with Crippen LogP contribution in [0.2, 0.25) is 4.34 Å². The number of halogens is 1. The van der Waals surface area contributed by atoms with Crippen LogP contribution in [-0.2, 0) is 16.1 Å². The number of esters is 1. The SMILES string of the molecule is O=C(CCn1nc(-c2cccs2)oc1=O)OCC(=O)c1ccc(Cl)s1. The molecule has 0 unspecified atom stereocenters. The smallest absolute Gasteiger partial charge is 0.437 e. The van der Waals surface area contributed by atoms with Crippen LogP contribution in [0.15, 0.2) is 38.9 Å². The molecule has 0 fully saturated rings. The summed E-state index contributed by atoms with van der Waals surface area (Å²) < 4.78 is 11.5. The molecule has 3 heterocycles. The van der Waals surface area contributed by atoms with E-state index in [9.17, 15) is 14.4 Å². The zero-order chi connectivity index (χ0) is 17.8. The number of carbonyl (C=O) groups excluding carboxylic acids is 2. The highest BCUT2D eigenvalue weighted by atomic mass is 35.5. The minimum atomic E-state index is -0.652. The van der Waals surface area contributed by atoms with Gasteiger partial charge in [0.15, 0.2) is 6.61 Å². The molecule has 10 heteroatoms. The Balaban J connectivity index is 1.51. The van der Waals surface area contributed by atoms with E-state index in [0.29, 0.717) is 9.21 Å². The first kappa shape index (κ1) is 17.6. The molecule has 3 aromatic rings. The number of ether oxygens (including phenoxy) is 1. The van der Waals surface area contributed by atoms with Crippen molar-refractivity contribution in [3.05, 3.63) is 49.4 Å².